The summed E-state index contributed by atoms with van der Waals surface area (Å²) in [6.45, 7) is 6.62. The summed E-state index contributed by atoms with van der Waals surface area (Å²) in [5, 5.41) is 3.78. The second kappa shape index (κ2) is 6.58. The van der Waals surface area contributed by atoms with Crippen molar-refractivity contribution >= 4 is 17.2 Å². The molecule has 3 heterocycles. The fourth-order valence-corrected chi connectivity index (χ4v) is 3.83. The van der Waals surface area contributed by atoms with Crippen LogP contribution in [-0.4, -0.2) is 24.1 Å². The zero-order chi connectivity index (χ0) is 14.7. The third-order valence-electron chi connectivity index (χ3n) is 4.14. The van der Waals surface area contributed by atoms with Gasteiger partial charge in [0.2, 0.25) is 0 Å². The minimum absolute atomic E-state index is 0.454. The molecule has 1 atom stereocenters. The van der Waals surface area contributed by atoms with Crippen molar-refractivity contribution in [3.63, 3.8) is 0 Å². The summed E-state index contributed by atoms with van der Waals surface area (Å²) < 4.78 is 0. The summed E-state index contributed by atoms with van der Waals surface area (Å²) in [5.41, 5.74) is 0. The Morgan fingerprint density at radius 2 is 2.05 bits per heavy atom. The number of piperidine rings is 1. The average molecular weight is 301 g/mol. The maximum atomic E-state index is 4.45. The van der Waals surface area contributed by atoms with Gasteiger partial charge in [-0.3, -0.25) is 0 Å². The van der Waals surface area contributed by atoms with Gasteiger partial charge >= 0.3 is 0 Å². The maximum absolute atomic E-state index is 4.45. The van der Waals surface area contributed by atoms with E-state index in [0.717, 1.165) is 18.9 Å². The molecule has 1 fully saturated rings. The van der Waals surface area contributed by atoms with Crippen molar-refractivity contribution in [2.24, 2.45) is 0 Å². The number of hydrogen-bond acceptors (Lipinski definition) is 4. The van der Waals surface area contributed by atoms with Crippen molar-refractivity contribution in [2.45, 2.75) is 38.8 Å². The van der Waals surface area contributed by atoms with Gasteiger partial charge in [-0.25, -0.2) is 4.98 Å². The Morgan fingerprint density at radius 1 is 1.24 bits per heavy atom. The van der Waals surface area contributed by atoms with Crippen LogP contribution in [0.1, 0.15) is 35.6 Å². The van der Waals surface area contributed by atoms with Crippen molar-refractivity contribution in [2.75, 3.05) is 18.0 Å². The third-order valence-corrected chi connectivity index (χ3v) is 5.33. The first-order valence-corrected chi connectivity index (χ1v) is 8.52. The van der Waals surface area contributed by atoms with E-state index in [2.05, 4.69) is 53.3 Å². The standard InChI is InChI=1S/C17H23N3S/c1-13-6-7-16(21-13)14(2)19-15-8-11-20(12-9-15)17-5-3-4-10-18-17/h3-7,10,14-15,19H,8-9,11-12H2,1-2H3. The highest BCUT2D eigenvalue weighted by molar-refractivity contribution is 7.12. The first-order valence-electron chi connectivity index (χ1n) is 7.71. The maximum Gasteiger partial charge on any atom is 0.128 e. The Kier molecular flexibility index (Phi) is 4.56. The van der Waals surface area contributed by atoms with Gasteiger partial charge < -0.3 is 10.2 Å². The van der Waals surface area contributed by atoms with Crippen LogP contribution in [0.25, 0.3) is 0 Å². The van der Waals surface area contributed by atoms with Gasteiger partial charge in [-0.05, 0) is 51.0 Å². The van der Waals surface area contributed by atoms with Gasteiger partial charge in [-0.15, -0.1) is 11.3 Å². The van der Waals surface area contributed by atoms with Gasteiger partial charge in [-0.1, -0.05) is 6.07 Å². The zero-order valence-corrected chi connectivity index (χ0v) is 13.6. The molecule has 1 unspecified atom stereocenters. The zero-order valence-electron chi connectivity index (χ0n) is 12.7. The minimum atomic E-state index is 0.454. The molecule has 1 aliphatic rings. The quantitative estimate of drug-likeness (QED) is 0.931. The Bertz CT molecular complexity index is 558. The van der Waals surface area contributed by atoms with E-state index in [4.69, 9.17) is 0 Å². The number of aryl methyl sites for hydroxylation is 1. The van der Waals surface area contributed by atoms with Gasteiger partial charge in [0.05, 0.1) is 0 Å². The van der Waals surface area contributed by atoms with Gasteiger partial charge in [0.15, 0.2) is 0 Å². The van der Waals surface area contributed by atoms with E-state index in [1.54, 1.807) is 0 Å². The summed E-state index contributed by atoms with van der Waals surface area (Å²) in [6.07, 6.45) is 4.25. The first kappa shape index (κ1) is 14.5. The molecule has 0 aliphatic carbocycles. The second-order valence-electron chi connectivity index (χ2n) is 5.79. The van der Waals surface area contributed by atoms with Crippen LogP contribution in [0.3, 0.4) is 0 Å². The predicted molar refractivity (Wildman–Crippen MR) is 90.1 cm³/mol. The van der Waals surface area contributed by atoms with Crippen LogP contribution in [0.2, 0.25) is 0 Å². The molecule has 3 nitrogen and oxygen atoms in total. The van der Waals surface area contributed by atoms with Gasteiger partial charge in [0.25, 0.3) is 0 Å². The van der Waals surface area contributed by atoms with Crippen LogP contribution in [0.4, 0.5) is 5.82 Å². The van der Waals surface area contributed by atoms with Crippen LogP contribution in [0.5, 0.6) is 0 Å². The van der Waals surface area contributed by atoms with Crippen LogP contribution in [-0.2, 0) is 0 Å². The number of nitrogens with zero attached hydrogens (tertiary/aromatic N) is 2. The predicted octanol–water partition coefficient (Wildman–Crippen LogP) is 3.77. The number of nitrogens with one attached hydrogen (secondary N) is 1. The SMILES string of the molecule is Cc1ccc(C(C)NC2CCN(c3ccccn3)CC2)s1. The molecule has 0 saturated carbocycles. The lowest BCUT2D eigenvalue weighted by Gasteiger charge is -2.34. The highest BCUT2D eigenvalue weighted by atomic mass is 32.1. The first-order chi connectivity index (χ1) is 10.2. The van der Waals surface area contributed by atoms with Crippen molar-refractivity contribution in [3.05, 3.63) is 46.3 Å². The van der Waals surface area contributed by atoms with Crippen LogP contribution in [0.15, 0.2) is 36.5 Å². The Hall–Kier alpha value is -1.39. The molecule has 0 bridgehead atoms. The number of aromatic nitrogens is 1. The minimum Gasteiger partial charge on any atom is -0.357 e. The lowest BCUT2D eigenvalue weighted by atomic mass is 10.0. The van der Waals surface area contributed by atoms with Gasteiger partial charge in [0, 0.05) is 41.1 Å². The average Bonchev–Trinajstić information content (AvgIpc) is 2.96. The molecule has 21 heavy (non-hydrogen) atoms. The molecule has 112 valence electrons. The summed E-state index contributed by atoms with van der Waals surface area (Å²) in [7, 11) is 0. The molecule has 1 aliphatic heterocycles. The third kappa shape index (κ3) is 3.63. The summed E-state index contributed by atoms with van der Waals surface area (Å²) in [4.78, 5) is 9.67. The molecular weight excluding hydrogens is 278 g/mol. The number of thiophene rings is 1. The fraction of sp³-hybridized carbons (Fsp3) is 0.471. The molecule has 0 aromatic carbocycles. The van der Waals surface area contributed by atoms with Crippen molar-refractivity contribution in [3.8, 4) is 0 Å². The van der Waals surface area contributed by atoms with Crippen molar-refractivity contribution in [1.29, 1.82) is 0 Å². The Labute approximate surface area is 131 Å². The smallest absolute Gasteiger partial charge is 0.128 e. The fourth-order valence-electron chi connectivity index (χ4n) is 2.94. The molecule has 1 saturated heterocycles. The number of anilines is 1. The largest absolute Gasteiger partial charge is 0.357 e. The Morgan fingerprint density at radius 3 is 2.67 bits per heavy atom. The van der Waals surface area contributed by atoms with Crippen LogP contribution >= 0.6 is 11.3 Å². The van der Waals surface area contributed by atoms with Crippen LogP contribution in [0, 0.1) is 6.92 Å². The van der Waals surface area contributed by atoms with E-state index in [1.165, 1.54) is 22.6 Å². The topological polar surface area (TPSA) is 28.2 Å². The summed E-state index contributed by atoms with van der Waals surface area (Å²) in [5.74, 6) is 1.11. The molecule has 0 radical (unpaired) electrons. The van der Waals surface area contributed by atoms with Crippen molar-refractivity contribution in [1.82, 2.24) is 10.3 Å². The highest BCUT2D eigenvalue weighted by Crippen LogP contribution is 2.24. The number of rotatable bonds is 4. The molecule has 4 heteroatoms. The van der Waals surface area contributed by atoms with Gasteiger partial charge in [-0.2, -0.15) is 0 Å². The van der Waals surface area contributed by atoms with Crippen LogP contribution < -0.4 is 10.2 Å². The second-order valence-corrected chi connectivity index (χ2v) is 7.11. The summed E-state index contributed by atoms with van der Waals surface area (Å²) in [6, 6.07) is 11.7. The lowest BCUT2D eigenvalue weighted by Crippen LogP contribution is -2.43. The Balaban J connectivity index is 1.52. The highest BCUT2D eigenvalue weighted by Gasteiger charge is 2.21. The molecular formula is C17H23N3S. The molecule has 3 rings (SSSR count). The summed E-state index contributed by atoms with van der Waals surface area (Å²) >= 11 is 1.90. The molecule has 0 amide bonds. The molecule has 2 aromatic rings. The molecule has 0 spiro atoms. The normalized spacial score (nSPS) is 17.9. The van der Waals surface area contributed by atoms with E-state index in [-0.39, 0.29) is 0 Å². The van der Waals surface area contributed by atoms with E-state index in [1.807, 2.05) is 23.6 Å². The van der Waals surface area contributed by atoms with Gasteiger partial charge in [0.1, 0.15) is 5.82 Å². The lowest BCUT2D eigenvalue weighted by molar-refractivity contribution is 0.382. The number of pyridine rings is 1. The van der Waals surface area contributed by atoms with E-state index < -0.39 is 0 Å². The van der Waals surface area contributed by atoms with E-state index in [0.29, 0.717) is 12.1 Å². The van der Waals surface area contributed by atoms with Crippen molar-refractivity contribution < 1.29 is 0 Å². The monoisotopic (exact) mass is 301 g/mol. The van der Waals surface area contributed by atoms with E-state index >= 15 is 0 Å². The number of hydrogen-bond donors (Lipinski definition) is 1. The van der Waals surface area contributed by atoms with E-state index in [9.17, 15) is 0 Å². The molecule has 1 N–H and O–H groups in total. The molecule has 2 aromatic heterocycles.